The number of nitrogens with two attached hydrogens (primary N) is 1. The first-order valence-electron chi connectivity index (χ1n) is 11.2. The number of nitrogens with one attached hydrogen (secondary N) is 2. The van der Waals surface area contributed by atoms with Crippen molar-refractivity contribution in [1.82, 2.24) is 10.2 Å². The number of halogens is 2. The van der Waals surface area contributed by atoms with Crippen molar-refractivity contribution >= 4 is 58.3 Å². The zero-order chi connectivity index (χ0) is 25.4. The van der Waals surface area contributed by atoms with E-state index >= 15 is 0 Å². The highest BCUT2D eigenvalue weighted by atomic mass is 35.5. The van der Waals surface area contributed by atoms with Crippen LogP contribution in [0.15, 0.2) is 41.4 Å². The maximum Gasteiger partial charge on any atom is 0.303 e. The fraction of sp³-hybridized carbons (Fsp3) is 0.333. The molecule has 3 rings (SSSR count). The molecule has 1 fully saturated rings. The van der Waals surface area contributed by atoms with Gasteiger partial charge in [-0.15, -0.1) is 0 Å². The highest BCUT2D eigenvalue weighted by Gasteiger charge is 2.16. The van der Waals surface area contributed by atoms with Gasteiger partial charge in [0.1, 0.15) is 0 Å². The number of benzene rings is 2. The lowest BCUT2D eigenvalue weighted by molar-refractivity contribution is -0.137. The summed E-state index contributed by atoms with van der Waals surface area (Å²) >= 11 is 12.2. The van der Waals surface area contributed by atoms with E-state index in [1.165, 1.54) is 12.5 Å². The molecule has 0 atom stereocenters. The van der Waals surface area contributed by atoms with Crippen molar-refractivity contribution in [3.8, 4) is 0 Å². The number of hydrogen-bond acceptors (Lipinski definition) is 4. The lowest BCUT2D eigenvalue weighted by Crippen LogP contribution is -2.40. The predicted molar refractivity (Wildman–Crippen MR) is 137 cm³/mol. The second kappa shape index (κ2) is 12.4. The Labute approximate surface area is 213 Å². The SMILES string of the molecule is NC(=Nc1cccc(C(=O)NCC(=O)Nc2c(Cl)cc(Cl)cc2CCC(=O)O)c1)N1CCCCC1. The van der Waals surface area contributed by atoms with E-state index in [1.54, 1.807) is 30.3 Å². The highest BCUT2D eigenvalue weighted by molar-refractivity contribution is 6.37. The topological polar surface area (TPSA) is 137 Å². The van der Waals surface area contributed by atoms with Crippen LogP contribution in [-0.2, 0) is 16.0 Å². The Morgan fingerprint density at radius 2 is 1.83 bits per heavy atom. The molecule has 35 heavy (non-hydrogen) atoms. The molecule has 5 N–H and O–H groups in total. The second-order valence-electron chi connectivity index (χ2n) is 8.11. The van der Waals surface area contributed by atoms with Gasteiger partial charge in [-0.3, -0.25) is 14.4 Å². The Bertz CT molecular complexity index is 1130. The van der Waals surface area contributed by atoms with Gasteiger partial charge in [-0.1, -0.05) is 29.3 Å². The van der Waals surface area contributed by atoms with E-state index in [4.69, 9.17) is 34.0 Å². The molecule has 1 heterocycles. The van der Waals surface area contributed by atoms with Crippen molar-refractivity contribution in [3.05, 3.63) is 57.6 Å². The van der Waals surface area contributed by atoms with Gasteiger partial charge in [0.05, 0.1) is 22.9 Å². The Kier molecular flexibility index (Phi) is 9.33. The molecular weight excluding hydrogens is 493 g/mol. The number of aryl methyl sites for hydroxylation is 1. The molecule has 11 heteroatoms. The Morgan fingerprint density at radius 3 is 2.54 bits per heavy atom. The van der Waals surface area contributed by atoms with E-state index in [9.17, 15) is 14.4 Å². The van der Waals surface area contributed by atoms with Crippen LogP contribution in [0.2, 0.25) is 10.0 Å². The molecule has 0 bridgehead atoms. The number of nitrogens with zero attached hydrogens (tertiary/aromatic N) is 2. The number of aliphatic carboxylic acids is 1. The molecule has 1 aliphatic rings. The zero-order valence-corrected chi connectivity index (χ0v) is 20.5. The normalized spacial score (nSPS) is 13.9. The Balaban J connectivity index is 1.61. The lowest BCUT2D eigenvalue weighted by Gasteiger charge is -2.27. The molecule has 0 unspecified atom stereocenters. The maximum atomic E-state index is 12.6. The third kappa shape index (κ3) is 7.87. The van der Waals surface area contributed by atoms with E-state index in [-0.39, 0.29) is 30.1 Å². The quantitative estimate of drug-likeness (QED) is 0.309. The molecule has 2 amide bonds. The molecule has 0 saturated carbocycles. The molecule has 1 aliphatic heterocycles. The predicted octanol–water partition coefficient (Wildman–Crippen LogP) is 3.81. The third-order valence-electron chi connectivity index (χ3n) is 5.45. The van der Waals surface area contributed by atoms with Crippen LogP contribution in [0, 0.1) is 0 Å². The molecule has 9 nitrogen and oxygen atoms in total. The summed E-state index contributed by atoms with van der Waals surface area (Å²) in [7, 11) is 0. The van der Waals surface area contributed by atoms with Gasteiger partial charge in [-0.25, -0.2) is 4.99 Å². The molecule has 0 aromatic heterocycles. The summed E-state index contributed by atoms with van der Waals surface area (Å²) in [5.74, 6) is -1.56. The van der Waals surface area contributed by atoms with E-state index < -0.39 is 17.8 Å². The van der Waals surface area contributed by atoms with Crippen LogP contribution >= 0.6 is 23.2 Å². The van der Waals surface area contributed by atoms with Crippen LogP contribution in [0.5, 0.6) is 0 Å². The molecule has 0 radical (unpaired) electrons. The summed E-state index contributed by atoms with van der Waals surface area (Å²) in [6.45, 7) is 1.40. The summed E-state index contributed by atoms with van der Waals surface area (Å²) in [5, 5.41) is 14.6. The van der Waals surface area contributed by atoms with E-state index in [0.717, 1.165) is 25.9 Å². The van der Waals surface area contributed by atoms with Crippen LogP contribution in [-0.4, -0.2) is 53.4 Å². The number of likely N-dealkylation sites (tertiary alicyclic amines) is 1. The minimum Gasteiger partial charge on any atom is -0.481 e. The lowest BCUT2D eigenvalue weighted by atomic mass is 10.1. The monoisotopic (exact) mass is 519 g/mol. The van der Waals surface area contributed by atoms with Gasteiger partial charge in [-0.05, 0) is 61.6 Å². The maximum absolute atomic E-state index is 12.6. The Hall–Kier alpha value is -3.30. The number of carboxylic acids is 1. The summed E-state index contributed by atoms with van der Waals surface area (Å²) in [4.78, 5) is 42.5. The highest BCUT2D eigenvalue weighted by Crippen LogP contribution is 2.31. The number of carboxylic acid groups (broad SMARTS) is 1. The van der Waals surface area contributed by atoms with Gasteiger partial charge in [0.2, 0.25) is 5.91 Å². The van der Waals surface area contributed by atoms with Gasteiger partial charge in [0, 0.05) is 30.1 Å². The molecule has 0 spiro atoms. The van der Waals surface area contributed by atoms with Crippen molar-refractivity contribution in [2.24, 2.45) is 10.7 Å². The van der Waals surface area contributed by atoms with Crippen LogP contribution in [0.3, 0.4) is 0 Å². The average molecular weight is 520 g/mol. The van der Waals surface area contributed by atoms with Gasteiger partial charge in [-0.2, -0.15) is 0 Å². The average Bonchev–Trinajstić information content (AvgIpc) is 2.83. The van der Waals surface area contributed by atoms with Gasteiger partial charge in [0.25, 0.3) is 5.91 Å². The fourth-order valence-electron chi connectivity index (χ4n) is 3.69. The zero-order valence-electron chi connectivity index (χ0n) is 19.0. The van der Waals surface area contributed by atoms with E-state index in [1.807, 2.05) is 4.90 Å². The van der Waals surface area contributed by atoms with Crippen molar-refractivity contribution in [3.63, 3.8) is 0 Å². The fourth-order valence-corrected chi connectivity index (χ4v) is 4.28. The summed E-state index contributed by atoms with van der Waals surface area (Å²) < 4.78 is 0. The Morgan fingerprint density at radius 1 is 1.09 bits per heavy atom. The van der Waals surface area contributed by atoms with Gasteiger partial charge in [0.15, 0.2) is 5.96 Å². The minimum atomic E-state index is -0.991. The van der Waals surface area contributed by atoms with Crippen LogP contribution in [0.1, 0.15) is 41.6 Å². The molecule has 0 aliphatic carbocycles. The smallest absolute Gasteiger partial charge is 0.303 e. The number of carbonyl (C=O) groups excluding carboxylic acids is 2. The van der Waals surface area contributed by atoms with Crippen molar-refractivity contribution < 1.29 is 19.5 Å². The van der Waals surface area contributed by atoms with Crippen LogP contribution < -0.4 is 16.4 Å². The molecule has 2 aromatic carbocycles. The van der Waals surface area contributed by atoms with Gasteiger partial charge >= 0.3 is 5.97 Å². The second-order valence-corrected chi connectivity index (χ2v) is 8.96. The number of amides is 2. The summed E-state index contributed by atoms with van der Waals surface area (Å²) in [5.41, 5.74) is 7.75. The molecular formula is C24H27Cl2N5O4. The number of rotatable bonds is 8. The standard InChI is InChI=1S/C24H27Cl2N5O4/c25-17-11-15(7-8-21(33)34)22(19(26)13-17)30-20(32)14-28-23(35)16-5-4-6-18(12-16)29-24(27)31-9-2-1-3-10-31/h4-6,11-13H,1-3,7-10,14H2,(H2,27,29)(H,28,35)(H,30,32)(H,33,34). The number of guanidine groups is 1. The minimum absolute atomic E-state index is 0.130. The summed E-state index contributed by atoms with van der Waals surface area (Å²) in [6, 6.07) is 9.66. The first-order chi connectivity index (χ1) is 16.7. The number of aliphatic imine (C=N–C) groups is 1. The largest absolute Gasteiger partial charge is 0.481 e. The van der Waals surface area contributed by atoms with E-state index in [0.29, 0.717) is 27.8 Å². The number of hydrogen-bond donors (Lipinski definition) is 4. The van der Waals surface area contributed by atoms with Crippen molar-refractivity contribution in [1.29, 1.82) is 0 Å². The molecule has 2 aromatic rings. The first-order valence-corrected chi connectivity index (χ1v) is 12.0. The number of piperidine rings is 1. The molecule has 1 saturated heterocycles. The first kappa shape index (κ1) is 26.3. The summed E-state index contributed by atoms with van der Waals surface area (Å²) in [6.07, 6.45) is 3.30. The van der Waals surface area contributed by atoms with Gasteiger partial charge < -0.3 is 26.4 Å². The van der Waals surface area contributed by atoms with Crippen LogP contribution in [0.25, 0.3) is 0 Å². The van der Waals surface area contributed by atoms with Crippen LogP contribution in [0.4, 0.5) is 11.4 Å². The van der Waals surface area contributed by atoms with Crippen molar-refractivity contribution in [2.45, 2.75) is 32.1 Å². The number of anilines is 1. The molecule has 186 valence electrons. The third-order valence-corrected chi connectivity index (χ3v) is 5.97. The van der Waals surface area contributed by atoms with Crippen molar-refractivity contribution in [2.75, 3.05) is 25.0 Å². The van der Waals surface area contributed by atoms with E-state index in [2.05, 4.69) is 15.6 Å². The number of carbonyl (C=O) groups is 3.